The zero-order valence-electron chi connectivity index (χ0n) is 11.8. The Morgan fingerprint density at radius 3 is 2.90 bits per heavy atom. The first-order chi connectivity index (χ1) is 9.50. The summed E-state index contributed by atoms with van der Waals surface area (Å²) in [6, 6.07) is 6.40. The lowest BCUT2D eigenvalue weighted by Gasteiger charge is -2.22. The normalized spacial score (nSPS) is 21.6. The van der Waals surface area contributed by atoms with Crippen LogP contribution in [0.15, 0.2) is 24.3 Å². The Hall–Kier alpha value is -1.17. The Bertz CT molecular complexity index is 675. The van der Waals surface area contributed by atoms with Gasteiger partial charge in [0.1, 0.15) is 5.82 Å². The van der Waals surface area contributed by atoms with E-state index in [1.165, 1.54) is 23.5 Å². The summed E-state index contributed by atoms with van der Waals surface area (Å²) in [6.07, 6.45) is 0.939. The lowest BCUT2D eigenvalue weighted by Crippen LogP contribution is -2.34. The number of hydrogen-bond donors (Lipinski definition) is 1. The highest BCUT2D eigenvalue weighted by atomic mass is 35.5. The first kappa shape index (κ1) is 16.2. The molecule has 1 atom stereocenters. The second kappa shape index (κ2) is 5.91. The maximum absolute atomic E-state index is 13.2. The van der Waals surface area contributed by atoms with Crippen LogP contribution in [-0.2, 0) is 0 Å². The van der Waals surface area contributed by atoms with Crippen LogP contribution in [0.2, 0.25) is 0 Å². The predicted molar refractivity (Wildman–Crippen MR) is 86.7 cm³/mol. The number of nitrogens with two attached hydrogens (primary N) is 1. The van der Waals surface area contributed by atoms with Crippen LogP contribution in [0.5, 0.6) is 0 Å². The number of carbonyl (C=O) groups is 1. The molecule has 0 spiro atoms. The Morgan fingerprint density at radius 1 is 1.48 bits per heavy atom. The number of hydrogen-bond acceptors (Lipinski definition) is 3. The molecule has 1 aromatic carbocycles. The molecule has 1 fully saturated rings. The molecule has 0 aliphatic carbocycles. The topological polar surface area (TPSA) is 46.3 Å². The van der Waals surface area contributed by atoms with E-state index in [9.17, 15) is 9.18 Å². The molecule has 1 aliphatic heterocycles. The Kier molecular flexibility index (Phi) is 4.56. The van der Waals surface area contributed by atoms with E-state index in [-0.39, 0.29) is 29.5 Å². The zero-order chi connectivity index (χ0) is 14.3. The van der Waals surface area contributed by atoms with Crippen LogP contribution in [0.4, 0.5) is 4.39 Å². The van der Waals surface area contributed by atoms with E-state index in [2.05, 4.69) is 6.92 Å². The molecule has 3 nitrogen and oxygen atoms in total. The third-order valence-electron chi connectivity index (χ3n) is 4.03. The van der Waals surface area contributed by atoms with Gasteiger partial charge in [0.05, 0.1) is 4.88 Å². The number of thiophene rings is 1. The number of halogens is 2. The fraction of sp³-hybridized carbons (Fsp3) is 0.400. The van der Waals surface area contributed by atoms with E-state index in [1.54, 1.807) is 12.1 Å². The monoisotopic (exact) mass is 328 g/mol. The van der Waals surface area contributed by atoms with Gasteiger partial charge < -0.3 is 10.6 Å². The molecule has 2 heterocycles. The van der Waals surface area contributed by atoms with Crippen LogP contribution in [-0.4, -0.2) is 30.4 Å². The van der Waals surface area contributed by atoms with E-state index in [0.717, 1.165) is 23.1 Å². The summed E-state index contributed by atoms with van der Waals surface area (Å²) in [4.78, 5) is 15.0. The standard InChI is InChI=1S/C15H17FN2OS.ClH/c1-15(8-17)4-5-18(9-15)14(19)13-7-10-6-11(16)2-3-12(10)20-13;/h2-3,6-7H,4-5,8-9,17H2,1H3;1H. The van der Waals surface area contributed by atoms with Crippen molar-refractivity contribution >= 4 is 39.7 Å². The summed E-state index contributed by atoms with van der Waals surface area (Å²) in [5, 5.41) is 0.791. The van der Waals surface area contributed by atoms with Gasteiger partial charge in [-0.05, 0) is 48.0 Å². The van der Waals surface area contributed by atoms with E-state index >= 15 is 0 Å². The molecule has 6 heteroatoms. The molecule has 2 aromatic rings. The van der Waals surface area contributed by atoms with Gasteiger partial charge in [0.25, 0.3) is 5.91 Å². The van der Waals surface area contributed by atoms with Crippen LogP contribution >= 0.6 is 23.7 Å². The van der Waals surface area contributed by atoms with Crippen molar-refractivity contribution in [2.24, 2.45) is 11.1 Å². The summed E-state index contributed by atoms with van der Waals surface area (Å²) >= 11 is 1.42. The van der Waals surface area contributed by atoms with Gasteiger partial charge in [-0.1, -0.05) is 6.92 Å². The van der Waals surface area contributed by atoms with Gasteiger partial charge >= 0.3 is 0 Å². The SMILES string of the molecule is CC1(CN)CCN(C(=O)c2cc3cc(F)ccc3s2)C1.Cl. The van der Waals surface area contributed by atoms with E-state index in [1.807, 2.05) is 4.90 Å². The summed E-state index contributed by atoms with van der Waals surface area (Å²) in [5.41, 5.74) is 5.80. The molecule has 3 rings (SSSR count). The Morgan fingerprint density at radius 2 is 2.24 bits per heavy atom. The van der Waals surface area contributed by atoms with Crippen molar-refractivity contribution in [3.05, 3.63) is 35.0 Å². The van der Waals surface area contributed by atoms with Crippen molar-refractivity contribution in [1.82, 2.24) is 4.90 Å². The molecule has 1 aliphatic rings. The molecule has 0 radical (unpaired) electrons. The minimum absolute atomic E-state index is 0. The number of amides is 1. The van der Waals surface area contributed by atoms with Gasteiger partial charge in [-0.2, -0.15) is 0 Å². The van der Waals surface area contributed by atoms with Crippen LogP contribution in [0.25, 0.3) is 10.1 Å². The van der Waals surface area contributed by atoms with Gasteiger partial charge in [0.15, 0.2) is 0 Å². The van der Waals surface area contributed by atoms with Crippen molar-refractivity contribution in [2.75, 3.05) is 19.6 Å². The zero-order valence-corrected chi connectivity index (χ0v) is 13.4. The van der Waals surface area contributed by atoms with E-state index in [4.69, 9.17) is 5.73 Å². The lowest BCUT2D eigenvalue weighted by molar-refractivity contribution is 0.0782. The molecule has 1 amide bonds. The average molecular weight is 329 g/mol. The van der Waals surface area contributed by atoms with Crippen LogP contribution in [0, 0.1) is 11.2 Å². The van der Waals surface area contributed by atoms with E-state index in [0.29, 0.717) is 18.0 Å². The van der Waals surface area contributed by atoms with Crippen LogP contribution < -0.4 is 5.73 Å². The largest absolute Gasteiger partial charge is 0.337 e. The molecule has 1 aromatic heterocycles. The van der Waals surface area contributed by atoms with Gasteiger partial charge in [0.2, 0.25) is 0 Å². The number of nitrogens with zero attached hydrogens (tertiary/aromatic N) is 1. The predicted octanol–water partition coefficient (Wildman–Crippen LogP) is 3.27. The van der Waals surface area contributed by atoms with Crippen molar-refractivity contribution in [1.29, 1.82) is 0 Å². The van der Waals surface area contributed by atoms with E-state index < -0.39 is 0 Å². The third kappa shape index (κ3) is 3.05. The first-order valence-corrected chi connectivity index (χ1v) is 7.51. The highest BCUT2D eigenvalue weighted by molar-refractivity contribution is 7.20. The summed E-state index contributed by atoms with van der Waals surface area (Å²) in [5.74, 6) is -0.241. The average Bonchev–Trinajstić information content (AvgIpc) is 3.02. The molecule has 1 saturated heterocycles. The Balaban J connectivity index is 0.00000161. The van der Waals surface area contributed by atoms with Gasteiger partial charge in [-0.15, -0.1) is 23.7 Å². The van der Waals surface area contributed by atoms with Gasteiger partial charge in [-0.3, -0.25) is 4.79 Å². The lowest BCUT2D eigenvalue weighted by atomic mass is 9.90. The molecular formula is C15H18ClFN2OS. The summed E-state index contributed by atoms with van der Waals surface area (Å²) in [7, 11) is 0. The molecule has 0 saturated carbocycles. The van der Waals surface area contributed by atoms with Gasteiger partial charge in [0, 0.05) is 17.8 Å². The maximum atomic E-state index is 13.2. The fourth-order valence-corrected chi connectivity index (χ4v) is 3.65. The smallest absolute Gasteiger partial charge is 0.263 e. The highest BCUT2D eigenvalue weighted by Gasteiger charge is 2.35. The van der Waals surface area contributed by atoms with Crippen LogP contribution in [0.1, 0.15) is 23.0 Å². The number of likely N-dealkylation sites (tertiary alicyclic amines) is 1. The molecule has 1 unspecified atom stereocenters. The molecule has 2 N–H and O–H groups in total. The number of fused-ring (bicyclic) bond motifs is 1. The second-order valence-electron chi connectivity index (χ2n) is 5.78. The van der Waals surface area contributed by atoms with Crippen molar-refractivity contribution in [3.63, 3.8) is 0 Å². The number of carbonyl (C=O) groups excluding carboxylic acids is 1. The first-order valence-electron chi connectivity index (χ1n) is 6.69. The minimum Gasteiger partial charge on any atom is -0.337 e. The summed E-state index contributed by atoms with van der Waals surface area (Å²) < 4.78 is 14.1. The van der Waals surface area contributed by atoms with Gasteiger partial charge in [-0.25, -0.2) is 4.39 Å². The third-order valence-corrected chi connectivity index (χ3v) is 5.13. The molecule has 21 heavy (non-hydrogen) atoms. The fourth-order valence-electron chi connectivity index (χ4n) is 2.64. The maximum Gasteiger partial charge on any atom is 0.263 e. The number of benzene rings is 1. The molecule has 114 valence electrons. The van der Waals surface area contributed by atoms with Crippen molar-refractivity contribution in [3.8, 4) is 0 Å². The highest BCUT2D eigenvalue weighted by Crippen LogP contribution is 2.32. The van der Waals surface area contributed by atoms with Crippen LogP contribution in [0.3, 0.4) is 0 Å². The minimum atomic E-state index is -0.272. The molecule has 0 bridgehead atoms. The van der Waals surface area contributed by atoms with Crippen molar-refractivity contribution < 1.29 is 9.18 Å². The molecular weight excluding hydrogens is 311 g/mol. The summed E-state index contributed by atoms with van der Waals surface area (Å²) in [6.45, 7) is 4.15. The second-order valence-corrected chi connectivity index (χ2v) is 6.87. The number of rotatable bonds is 2. The van der Waals surface area contributed by atoms with Crippen molar-refractivity contribution in [2.45, 2.75) is 13.3 Å². The Labute approximate surface area is 133 Å². The quantitative estimate of drug-likeness (QED) is 0.919.